The predicted octanol–water partition coefficient (Wildman–Crippen LogP) is 5.45. The summed E-state index contributed by atoms with van der Waals surface area (Å²) in [5.74, 6) is 0.274. The number of Topliss-reactive ketones (excluding diaryl/α,β-unsaturated/α-hetero) is 1. The molecule has 2 bridgehead atoms. The monoisotopic (exact) mass is 418 g/mol. The molecule has 162 valence electrons. The van der Waals surface area contributed by atoms with E-state index >= 15 is 0 Å². The van der Waals surface area contributed by atoms with Crippen LogP contribution in [-0.2, 0) is 18.8 Å². The number of hydrogen-bond donors (Lipinski definition) is 0. The van der Waals surface area contributed by atoms with E-state index in [0.717, 1.165) is 12.8 Å². The molecule has 4 atom stereocenters. The molecule has 1 saturated carbocycles. The lowest BCUT2D eigenvalue weighted by Gasteiger charge is -2.51. The van der Waals surface area contributed by atoms with Gasteiger partial charge in [0, 0.05) is 12.5 Å². The third-order valence-corrected chi connectivity index (χ3v) is 8.25. The van der Waals surface area contributed by atoms with Crippen LogP contribution in [0, 0.1) is 22.7 Å². The van der Waals surface area contributed by atoms with E-state index < -0.39 is 25.3 Å². The fourth-order valence-electron chi connectivity index (χ4n) is 5.65. The standard InChI is InChI=1S/C24H38O4Si/c1-15(2)10-11-16-13-24-14-19(23(5,6)28-29(7,8)9)27-18(24)12-17(25)20(21(24)26)22(16,3)4/h10,12,16,19-20H,11,13-14H2,1-9H3/t16-,19+,20-,24-/m0/s1. The van der Waals surface area contributed by atoms with Crippen LogP contribution in [0.2, 0.25) is 19.6 Å². The summed E-state index contributed by atoms with van der Waals surface area (Å²) in [5, 5.41) is 0. The van der Waals surface area contributed by atoms with Gasteiger partial charge >= 0.3 is 0 Å². The lowest BCUT2D eigenvalue weighted by molar-refractivity contribution is -0.152. The van der Waals surface area contributed by atoms with Gasteiger partial charge in [-0.05, 0) is 71.5 Å². The van der Waals surface area contributed by atoms with Gasteiger partial charge in [0.1, 0.15) is 11.9 Å². The molecule has 0 radical (unpaired) electrons. The number of carbonyl (C=O) groups is 2. The highest BCUT2D eigenvalue weighted by molar-refractivity contribution is 6.69. The van der Waals surface area contributed by atoms with Gasteiger partial charge in [0.2, 0.25) is 0 Å². The summed E-state index contributed by atoms with van der Waals surface area (Å²) in [6.45, 7) is 19.0. The Morgan fingerprint density at radius 2 is 1.86 bits per heavy atom. The molecule has 29 heavy (non-hydrogen) atoms. The van der Waals surface area contributed by atoms with Crippen LogP contribution >= 0.6 is 0 Å². The molecule has 0 aromatic carbocycles. The third-order valence-electron chi connectivity index (χ3n) is 7.11. The minimum atomic E-state index is -1.79. The summed E-state index contributed by atoms with van der Waals surface area (Å²) < 4.78 is 12.8. The molecule has 0 aromatic rings. The minimum absolute atomic E-state index is 0.0738. The fraction of sp³-hybridized carbons (Fsp3) is 0.750. The van der Waals surface area contributed by atoms with E-state index in [2.05, 4.69) is 67.3 Å². The number of fused-ring (bicyclic) bond motifs is 1. The number of allylic oxidation sites excluding steroid dienone is 4. The van der Waals surface area contributed by atoms with Gasteiger partial charge < -0.3 is 9.16 Å². The molecular weight excluding hydrogens is 380 g/mol. The van der Waals surface area contributed by atoms with Gasteiger partial charge in [0.15, 0.2) is 19.9 Å². The third kappa shape index (κ3) is 3.81. The molecule has 0 N–H and O–H groups in total. The summed E-state index contributed by atoms with van der Waals surface area (Å²) in [6, 6.07) is 0. The molecule has 0 amide bonds. The molecule has 2 fully saturated rings. The quantitative estimate of drug-likeness (QED) is 0.339. The van der Waals surface area contributed by atoms with Crippen LogP contribution in [0.25, 0.3) is 0 Å². The maximum atomic E-state index is 13.7. The first-order valence-corrected chi connectivity index (χ1v) is 14.3. The molecule has 3 aliphatic rings. The summed E-state index contributed by atoms with van der Waals surface area (Å²) in [6.07, 6.45) is 5.91. The zero-order valence-electron chi connectivity index (χ0n) is 19.6. The van der Waals surface area contributed by atoms with Crippen LogP contribution in [0.15, 0.2) is 23.5 Å². The van der Waals surface area contributed by atoms with Crippen LogP contribution in [0.1, 0.15) is 60.8 Å². The van der Waals surface area contributed by atoms with Crippen molar-refractivity contribution in [1.82, 2.24) is 0 Å². The molecule has 1 aliphatic heterocycles. The lowest BCUT2D eigenvalue weighted by atomic mass is 9.49. The summed E-state index contributed by atoms with van der Waals surface area (Å²) in [5.41, 5.74) is -0.249. The first-order valence-electron chi connectivity index (χ1n) is 10.9. The van der Waals surface area contributed by atoms with E-state index in [1.54, 1.807) is 6.08 Å². The highest BCUT2D eigenvalue weighted by atomic mass is 28.4. The molecular formula is C24H38O4Si. The van der Waals surface area contributed by atoms with Crippen LogP contribution in [0.4, 0.5) is 0 Å². The van der Waals surface area contributed by atoms with E-state index in [0.29, 0.717) is 12.2 Å². The Hall–Kier alpha value is -1.20. The number of ketones is 2. The Balaban J connectivity index is 2.00. The second kappa shape index (κ2) is 6.91. The molecule has 1 heterocycles. The van der Waals surface area contributed by atoms with Crippen LogP contribution in [0.5, 0.6) is 0 Å². The van der Waals surface area contributed by atoms with Crippen LogP contribution in [-0.4, -0.2) is 31.6 Å². The van der Waals surface area contributed by atoms with Crippen molar-refractivity contribution in [3.8, 4) is 0 Å². The molecule has 0 aromatic heterocycles. The van der Waals surface area contributed by atoms with E-state index in [1.807, 2.05) is 0 Å². The Kier molecular flexibility index (Phi) is 5.36. The number of hydrogen-bond acceptors (Lipinski definition) is 4. The number of carbonyl (C=O) groups excluding carboxylic acids is 2. The van der Waals surface area contributed by atoms with Gasteiger partial charge in [0.25, 0.3) is 0 Å². The first-order chi connectivity index (χ1) is 13.1. The van der Waals surface area contributed by atoms with Crippen molar-refractivity contribution >= 4 is 19.9 Å². The maximum absolute atomic E-state index is 13.7. The molecule has 0 unspecified atom stereocenters. The minimum Gasteiger partial charge on any atom is -0.491 e. The van der Waals surface area contributed by atoms with Gasteiger partial charge in [-0.2, -0.15) is 0 Å². The van der Waals surface area contributed by atoms with Crippen LogP contribution in [0.3, 0.4) is 0 Å². The summed E-state index contributed by atoms with van der Waals surface area (Å²) in [7, 11) is -1.79. The van der Waals surface area contributed by atoms with E-state index in [1.165, 1.54) is 5.57 Å². The van der Waals surface area contributed by atoms with E-state index in [4.69, 9.17) is 9.16 Å². The molecule has 1 spiro atoms. The summed E-state index contributed by atoms with van der Waals surface area (Å²) in [4.78, 5) is 26.7. The molecule has 1 saturated heterocycles. The van der Waals surface area contributed by atoms with Crippen molar-refractivity contribution in [3.63, 3.8) is 0 Å². The Morgan fingerprint density at radius 3 is 2.41 bits per heavy atom. The zero-order chi connectivity index (χ0) is 22.0. The first kappa shape index (κ1) is 22.5. The van der Waals surface area contributed by atoms with Crippen molar-refractivity contribution in [1.29, 1.82) is 0 Å². The average molecular weight is 419 g/mol. The smallest absolute Gasteiger partial charge is 0.184 e. The van der Waals surface area contributed by atoms with Crippen molar-refractivity contribution in [3.05, 3.63) is 23.5 Å². The lowest BCUT2D eigenvalue weighted by Crippen LogP contribution is -2.57. The second-order valence-corrected chi connectivity index (χ2v) is 16.1. The SMILES string of the molecule is CC(C)=CC[C@H]1C[C@]23C[C@H](C(C)(C)O[Si](C)(C)C)OC2=CC(=O)[C@@H](C3=O)C1(C)C. The van der Waals surface area contributed by atoms with Gasteiger partial charge in [-0.3, -0.25) is 9.59 Å². The molecule has 4 nitrogen and oxygen atoms in total. The summed E-state index contributed by atoms with van der Waals surface area (Å²) >= 11 is 0. The predicted molar refractivity (Wildman–Crippen MR) is 118 cm³/mol. The highest BCUT2D eigenvalue weighted by Crippen LogP contribution is 2.62. The van der Waals surface area contributed by atoms with Gasteiger partial charge in [-0.1, -0.05) is 25.5 Å². The van der Waals surface area contributed by atoms with Crippen molar-refractivity contribution in [2.45, 2.75) is 92.2 Å². The average Bonchev–Trinajstić information content (AvgIpc) is 2.87. The van der Waals surface area contributed by atoms with Crippen molar-refractivity contribution in [2.24, 2.45) is 22.7 Å². The Bertz CT molecular complexity index is 779. The largest absolute Gasteiger partial charge is 0.491 e. The van der Waals surface area contributed by atoms with Gasteiger partial charge in [-0.25, -0.2) is 0 Å². The molecule has 2 aliphatic carbocycles. The highest BCUT2D eigenvalue weighted by Gasteiger charge is 2.66. The molecule has 3 rings (SSSR count). The normalized spacial score (nSPS) is 33.7. The Morgan fingerprint density at radius 1 is 1.24 bits per heavy atom. The molecule has 5 heteroatoms. The van der Waals surface area contributed by atoms with Gasteiger partial charge in [0.05, 0.1) is 16.9 Å². The van der Waals surface area contributed by atoms with Crippen molar-refractivity contribution < 1.29 is 18.8 Å². The van der Waals surface area contributed by atoms with E-state index in [9.17, 15) is 9.59 Å². The van der Waals surface area contributed by atoms with E-state index in [-0.39, 0.29) is 29.0 Å². The topological polar surface area (TPSA) is 52.6 Å². The van der Waals surface area contributed by atoms with Crippen LogP contribution < -0.4 is 0 Å². The van der Waals surface area contributed by atoms with Gasteiger partial charge in [-0.15, -0.1) is 0 Å². The fourth-order valence-corrected chi connectivity index (χ4v) is 7.36. The maximum Gasteiger partial charge on any atom is 0.184 e. The Labute approximate surface area is 177 Å². The number of rotatable bonds is 5. The zero-order valence-corrected chi connectivity index (χ0v) is 20.6. The number of ether oxygens (including phenoxy) is 1. The second-order valence-electron chi connectivity index (χ2n) is 11.7. The van der Waals surface area contributed by atoms with Crippen molar-refractivity contribution in [2.75, 3.05) is 0 Å².